The fourth-order valence-electron chi connectivity index (χ4n) is 5.20. The summed E-state index contributed by atoms with van der Waals surface area (Å²) in [6.07, 6.45) is 1.87. The van der Waals surface area contributed by atoms with Gasteiger partial charge in [-0.25, -0.2) is 4.79 Å². The molecule has 0 radical (unpaired) electrons. The van der Waals surface area contributed by atoms with Crippen LogP contribution in [0, 0.1) is 13.8 Å². The number of alkyl carbamates (subject to hydrolysis) is 1. The van der Waals surface area contributed by atoms with Gasteiger partial charge in [0.05, 0.1) is 0 Å². The Balaban J connectivity index is 1.76. The molecule has 0 aliphatic heterocycles. The van der Waals surface area contributed by atoms with Gasteiger partial charge in [-0.15, -0.1) is 0 Å². The zero-order valence-corrected chi connectivity index (χ0v) is 25.0. The number of phenols is 1. The van der Waals surface area contributed by atoms with Gasteiger partial charge in [0.1, 0.15) is 23.4 Å². The first kappa shape index (κ1) is 30.6. The normalized spacial score (nSPS) is 14.7. The van der Waals surface area contributed by atoms with Gasteiger partial charge < -0.3 is 25.4 Å². The molecule has 0 saturated heterocycles. The van der Waals surface area contributed by atoms with Crippen molar-refractivity contribution in [2.24, 2.45) is 0 Å². The minimum Gasteiger partial charge on any atom is -0.508 e. The summed E-state index contributed by atoms with van der Waals surface area (Å²) in [4.78, 5) is 43.4. The van der Waals surface area contributed by atoms with E-state index < -0.39 is 29.7 Å². The van der Waals surface area contributed by atoms with Gasteiger partial charge in [-0.1, -0.05) is 60.7 Å². The van der Waals surface area contributed by atoms with E-state index in [4.69, 9.17) is 4.74 Å². The van der Waals surface area contributed by atoms with Gasteiger partial charge >= 0.3 is 6.09 Å². The molecule has 2 unspecified atom stereocenters. The van der Waals surface area contributed by atoms with Crippen molar-refractivity contribution in [3.63, 3.8) is 0 Å². The second-order valence-electron chi connectivity index (χ2n) is 12.0. The highest BCUT2D eigenvalue weighted by atomic mass is 16.6. The maximum atomic E-state index is 14.6. The molecule has 8 nitrogen and oxygen atoms in total. The van der Waals surface area contributed by atoms with E-state index in [0.29, 0.717) is 11.3 Å². The molecular formula is C34H41N3O5. The maximum Gasteiger partial charge on any atom is 0.408 e. The van der Waals surface area contributed by atoms with Crippen LogP contribution in [0.25, 0.3) is 0 Å². The van der Waals surface area contributed by atoms with Crippen molar-refractivity contribution in [3.05, 3.63) is 95.1 Å². The topological polar surface area (TPSA) is 108 Å². The van der Waals surface area contributed by atoms with Crippen LogP contribution in [0.15, 0.2) is 72.8 Å². The quantitative estimate of drug-likeness (QED) is 0.283. The summed E-state index contributed by atoms with van der Waals surface area (Å²) < 4.78 is 5.52. The zero-order valence-electron chi connectivity index (χ0n) is 25.0. The monoisotopic (exact) mass is 571 g/mol. The summed E-state index contributed by atoms with van der Waals surface area (Å²) in [7, 11) is 0. The molecule has 0 heterocycles. The maximum absolute atomic E-state index is 14.6. The van der Waals surface area contributed by atoms with Crippen LogP contribution in [-0.2, 0) is 20.7 Å². The van der Waals surface area contributed by atoms with E-state index in [1.807, 2.05) is 62.4 Å². The van der Waals surface area contributed by atoms with E-state index in [0.717, 1.165) is 36.0 Å². The molecule has 4 rings (SSSR count). The van der Waals surface area contributed by atoms with Crippen molar-refractivity contribution in [1.29, 1.82) is 0 Å². The molecule has 0 aromatic heterocycles. The summed E-state index contributed by atoms with van der Waals surface area (Å²) in [5, 5.41) is 16.2. The number of aromatic hydroxyl groups is 1. The highest BCUT2D eigenvalue weighted by Crippen LogP contribution is 2.36. The second-order valence-corrected chi connectivity index (χ2v) is 12.0. The number of nitrogens with zero attached hydrogens (tertiary/aromatic N) is 1. The number of benzene rings is 3. The minimum atomic E-state index is -1.05. The summed E-state index contributed by atoms with van der Waals surface area (Å²) in [5.41, 5.74) is 3.06. The molecule has 8 heteroatoms. The number of phenolic OH excluding ortho intramolecular Hbond substituents is 1. The van der Waals surface area contributed by atoms with Crippen LogP contribution in [0.4, 0.5) is 10.5 Å². The summed E-state index contributed by atoms with van der Waals surface area (Å²) in [5.74, 6) is -0.792. The Morgan fingerprint density at radius 3 is 2.17 bits per heavy atom. The Labute approximate surface area is 248 Å². The number of carbonyl (C=O) groups is 3. The third-order valence-corrected chi connectivity index (χ3v) is 7.44. The van der Waals surface area contributed by atoms with Gasteiger partial charge in [0.15, 0.2) is 0 Å². The molecule has 1 saturated carbocycles. The predicted octanol–water partition coefficient (Wildman–Crippen LogP) is 6.21. The Hall–Kier alpha value is -4.33. The van der Waals surface area contributed by atoms with Gasteiger partial charge in [0.2, 0.25) is 5.91 Å². The molecule has 1 aliphatic rings. The molecule has 42 heavy (non-hydrogen) atoms. The number of para-hydroxylation sites is 1. The van der Waals surface area contributed by atoms with Gasteiger partial charge in [-0.05, 0) is 88.3 Å². The van der Waals surface area contributed by atoms with Gasteiger partial charge in [0, 0.05) is 18.2 Å². The first-order valence-electron chi connectivity index (χ1n) is 14.4. The van der Waals surface area contributed by atoms with E-state index >= 15 is 0 Å². The van der Waals surface area contributed by atoms with Crippen LogP contribution >= 0.6 is 0 Å². The van der Waals surface area contributed by atoms with Gasteiger partial charge in [0.25, 0.3) is 5.91 Å². The molecule has 3 aromatic rings. The Kier molecular flexibility index (Phi) is 9.55. The van der Waals surface area contributed by atoms with Crippen molar-refractivity contribution in [2.75, 3.05) is 5.32 Å². The Bertz CT molecular complexity index is 1390. The van der Waals surface area contributed by atoms with E-state index in [-0.39, 0.29) is 24.1 Å². The van der Waals surface area contributed by atoms with Crippen molar-refractivity contribution in [1.82, 2.24) is 10.2 Å². The molecule has 1 aliphatic carbocycles. The molecule has 0 spiro atoms. The van der Waals surface area contributed by atoms with E-state index in [1.54, 1.807) is 37.8 Å². The van der Waals surface area contributed by atoms with Crippen molar-refractivity contribution in [3.8, 4) is 5.75 Å². The standard InChI is InChI=1S/C34H41N3O5/c1-22-12-9-13-23(2)29(22)36-31(39)30(25-16-10-19-27(38)21-25)37(26-17-11-18-26)32(40)28(20-24-14-7-6-8-15-24)35-33(41)42-34(3,4)5/h6-10,12-16,19,21,26,28,30,38H,11,17-18,20H2,1-5H3,(H,35,41)(H,36,39). The van der Waals surface area contributed by atoms with E-state index in [2.05, 4.69) is 10.6 Å². The van der Waals surface area contributed by atoms with E-state index in [9.17, 15) is 19.5 Å². The lowest BCUT2D eigenvalue weighted by atomic mass is 9.87. The van der Waals surface area contributed by atoms with Crippen LogP contribution in [0.2, 0.25) is 0 Å². The average molecular weight is 572 g/mol. The summed E-state index contributed by atoms with van der Waals surface area (Å²) in [6, 6.07) is 19.4. The fourth-order valence-corrected chi connectivity index (χ4v) is 5.20. The van der Waals surface area contributed by atoms with Gasteiger partial charge in [-0.2, -0.15) is 0 Å². The Morgan fingerprint density at radius 2 is 1.60 bits per heavy atom. The van der Waals surface area contributed by atoms with E-state index in [1.165, 1.54) is 12.1 Å². The van der Waals surface area contributed by atoms with Crippen LogP contribution < -0.4 is 10.6 Å². The molecular weight excluding hydrogens is 530 g/mol. The number of ether oxygens (including phenoxy) is 1. The summed E-state index contributed by atoms with van der Waals surface area (Å²) >= 11 is 0. The average Bonchev–Trinajstić information content (AvgIpc) is 2.88. The SMILES string of the molecule is Cc1cccc(C)c1NC(=O)C(c1cccc(O)c1)N(C(=O)C(Cc1ccccc1)NC(=O)OC(C)(C)C)C1CCC1. The summed E-state index contributed by atoms with van der Waals surface area (Å²) in [6.45, 7) is 9.12. The molecule has 3 aromatic carbocycles. The molecule has 2 atom stereocenters. The van der Waals surface area contributed by atoms with Crippen LogP contribution in [0.3, 0.4) is 0 Å². The number of carbonyl (C=O) groups excluding carboxylic acids is 3. The smallest absolute Gasteiger partial charge is 0.408 e. The second kappa shape index (κ2) is 13.1. The number of anilines is 1. The third kappa shape index (κ3) is 7.69. The van der Waals surface area contributed by atoms with Crippen LogP contribution in [0.5, 0.6) is 5.75 Å². The largest absolute Gasteiger partial charge is 0.508 e. The fraction of sp³-hybridized carbons (Fsp3) is 0.382. The predicted molar refractivity (Wildman–Crippen MR) is 163 cm³/mol. The molecule has 3 N–H and O–H groups in total. The minimum absolute atomic E-state index is 0.00824. The lowest BCUT2D eigenvalue weighted by Crippen LogP contribution is -2.57. The highest BCUT2D eigenvalue weighted by Gasteiger charge is 2.42. The van der Waals surface area contributed by atoms with Crippen molar-refractivity contribution >= 4 is 23.6 Å². The van der Waals surface area contributed by atoms with Crippen LogP contribution in [0.1, 0.15) is 68.3 Å². The number of hydrogen-bond acceptors (Lipinski definition) is 5. The molecule has 3 amide bonds. The van der Waals surface area contributed by atoms with Crippen molar-refractivity contribution < 1.29 is 24.2 Å². The lowest BCUT2D eigenvalue weighted by Gasteiger charge is -2.43. The number of nitrogens with one attached hydrogen (secondary N) is 2. The first-order chi connectivity index (χ1) is 19.9. The number of amides is 3. The van der Waals surface area contributed by atoms with Crippen molar-refractivity contribution in [2.45, 2.75) is 84.0 Å². The first-order valence-corrected chi connectivity index (χ1v) is 14.4. The lowest BCUT2D eigenvalue weighted by molar-refractivity contribution is -0.145. The van der Waals surface area contributed by atoms with Crippen LogP contribution in [-0.4, -0.2) is 45.6 Å². The number of aryl methyl sites for hydroxylation is 2. The molecule has 222 valence electrons. The molecule has 1 fully saturated rings. The Morgan fingerprint density at radius 1 is 0.952 bits per heavy atom. The highest BCUT2D eigenvalue weighted by molar-refractivity contribution is 6.00. The zero-order chi connectivity index (χ0) is 30.4. The third-order valence-electron chi connectivity index (χ3n) is 7.44. The molecule has 0 bridgehead atoms. The number of hydrogen-bond donors (Lipinski definition) is 3. The van der Waals surface area contributed by atoms with Gasteiger partial charge in [-0.3, -0.25) is 9.59 Å². The number of rotatable bonds is 9.